The van der Waals surface area contributed by atoms with Crippen LogP contribution in [-0.4, -0.2) is 37.2 Å². The van der Waals surface area contributed by atoms with Crippen molar-refractivity contribution in [1.82, 2.24) is 9.97 Å². The fraction of sp³-hybridized carbons (Fsp3) is 0.292. The summed E-state index contributed by atoms with van der Waals surface area (Å²) >= 11 is 1.41. The summed E-state index contributed by atoms with van der Waals surface area (Å²) in [6, 6.07) is 11.7. The molecule has 2 N–H and O–H groups in total. The average molecular weight is 468 g/mol. The topological polar surface area (TPSA) is 103 Å². The smallest absolute Gasteiger partial charge is 0.257 e. The summed E-state index contributed by atoms with van der Waals surface area (Å²) in [6.07, 6.45) is 0.0827. The molecule has 1 aliphatic heterocycles. The van der Waals surface area contributed by atoms with Crippen LogP contribution in [0.3, 0.4) is 0 Å². The van der Waals surface area contributed by atoms with E-state index in [1.165, 1.54) is 38.7 Å². The van der Waals surface area contributed by atoms with Gasteiger partial charge in [-0.1, -0.05) is 47.7 Å². The third kappa shape index (κ3) is 4.54. The van der Waals surface area contributed by atoms with Crippen LogP contribution in [0.15, 0.2) is 46.3 Å². The highest BCUT2D eigenvalue weighted by molar-refractivity contribution is 7.98. The van der Waals surface area contributed by atoms with Crippen LogP contribution in [0.1, 0.15) is 34.6 Å². The molecule has 4 rings (SSSR count). The second-order valence-electron chi connectivity index (χ2n) is 7.64. The molecule has 0 radical (unpaired) electrons. The van der Waals surface area contributed by atoms with Gasteiger partial charge in [0.1, 0.15) is 5.82 Å². The summed E-state index contributed by atoms with van der Waals surface area (Å²) in [6.45, 7) is 2.03. The largest absolute Gasteiger partial charge is 0.493 e. The molecule has 1 amide bonds. The standard InChI is InChI=1S/C24H25N3O5S/c1-13-6-5-7-14(10-13)12-33-24-26-22-19(23(29)27-24)16(11-18(28)25-22)15-8-9-17(30-2)21(32-4)20(15)31-3/h5-10,16H,11-12H2,1-4H3,(H2,25,26,27,28,29). The highest BCUT2D eigenvalue weighted by Gasteiger charge is 2.34. The first-order valence-corrected chi connectivity index (χ1v) is 11.3. The number of methoxy groups -OCH3 is 3. The summed E-state index contributed by atoms with van der Waals surface area (Å²) in [5, 5.41) is 3.20. The van der Waals surface area contributed by atoms with E-state index < -0.39 is 5.92 Å². The van der Waals surface area contributed by atoms with Crippen LogP contribution < -0.4 is 25.1 Å². The van der Waals surface area contributed by atoms with E-state index in [1.807, 2.05) is 25.1 Å². The number of nitrogens with one attached hydrogen (secondary N) is 2. The van der Waals surface area contributed by atoms with Gasteiger partial charge in [0.25, 0.3) is 5.56 Å². The first kappa shape index (κ1) is 22.7. The van der Waals surface area contributed by atoms with Gasteiger partial charge in [0.05, 0.1) is 26.9 Å². The van der Waals surface area contributed by atoms with Gasteiger partial charge in [0.15, 0.2) is 16.7 Å². The fourth-order valence-corrected chi connectivity index (χ4v) is 4.84. The van der Waals surface area contributed by atoms with Crippen LogP contribution in [0.25, 0.3) is 0 Å². The Bertz CT molecular complexity index is 1260. The molecular formula is C24H25N3O5S. The number of nitrogens with zero attached hydrogens (tertiary/aromatic N) is 1. The summed E-state index contributed by atoms with van der Waals surface area (Å²) in [5.74, 6) is 1.45. The molecule has 1 atom stereocenters. The lowest BCUT2D eigenvalue weighted by molar-refractivity contribution is -0.116. The molecule has 1 aromatic heterocycles. The quantitative estimate of drug-likeness (QED) is 0.402. The highest BCUT2D eigenvalue weighted by Crippen LogP contribution is 2.46. The minimum Gasteiger partial charge on any atom is -0.493 e. The number of carbonyl (C=O) groups excluding carboxylic acids is 1. The number of aryl methyl sites for hydroxylation is 1. The van der Waals surface area contributed by atoms with Gasteiger partial charge in [-0.2, -0.15) is 0 Å². The Labute approximate surface area is 195 Å². The number of hydrogen-bond donors (Lipinski definition) is 2. The summed E-state index contributed by atoms with van der Waals surface area (Å²) < 4.78 is 16.4. The maximum atomic E-state index is 13.2. The predicted octanol–water partition coefficient (Wildman–Crippen LogP) is 3.87. The zero-order valence-corrected chi connectivity index (χ0v) is 19.7. The van der Waals surface area contributed by atoms with E-state index in [0.29, 0.717) is 39.3 Å². The van der Waals surface area contributed by atoms with Crippen molar-refractivity contribution < 1.29 is 19.0 Å². The number of rotatable bonds is 7. The number of aromatic nitrogens is 2. The molecule has 0 bridgehead atoms. The van der Waals surface area contributed by atoms with E-state index in [9.17, 15) is 9.59 Å². The third-order valence-corrected chi connectivity index (χ3v) is 6.44. The van der Waals surface area contributed by atoms with Gasteiger partial charge >= 0.3 is 0 Å². The van der Waals surface area contributed by atoms with Gasteiger partial charge in [0, 0.05) is 23.7 Å². The number of anilines is 1. The monoisotopic (exact) mass is 467 g/mol. The second kappa shape index (κ2) is 9.58. The molecule has 0 saturated heterocycles. The zero-order valence-electron chi connectivity index (χ0n) is 18.9. The Balaban J connectivity index is 1.73. The summed E-state index contributed by atoms with van der Waals surface area (Å²) in [7, 11) is 4.56. The molecule has 9 heteroatoms. The zero-order chi connectivity index (χ0) is 23.5. The molecule has 3 aromatic rings. The SMILES string of the molecule is COc1ccc(C2CC(=O)Nc3nc(SCc4cccc(C)c4)[nH]c(=O)c32)c(OC)c1OC. The van der Waals surface area contributed by atoms with Crippen LogP contribution in [-0.2, 0) is 10.5 Å². The van der Waals surface area contributed by atoms with Gasteiger partial charge in [-0.3, -0.25) is 9.59 Å². The Morgan fingerprint density at radius 2 is 1.85 bits per heavy atom. The number of aromatic amines is 1. The van der Waals surface area contributed by atoms with Crippen molar-refractivity contribution in [1.29, 1.82) is 0 Å². The van der Waals surface area contributed by atoms with Crippen molar-refractivity contribution in [2.45, 2.75) is 30.2 Å². The number of thioether (sulfide) groups is 1. The number of benzene rings is 2. The average Bonchev–Trinajstić information content (AvgIpc) is 2.80. The molecule has 0 spiro atoms. The number of carbonyl (C=O) groups is 1. The maximum absolute atomic E-state index is 13.2. The Morgan fingerprint density at radius 1 is 1.06 bits per heavy atom. The second-order valence-corrected chi connectivity index (χ2v) is 8.60. The molecule has 0 saturated carbocycles. The summed E-state index contributed by atoms with van der Waals surface area (Å²) in [4.78, 5) is 33.1. The van der Waals surface area contributed by atoms with Crippen molar-refractivity contribution in [2.24, 2.45) is 0 Å². The minimum atomic E-state index is -0.546. The first-order chi connectivity index (χ1) is 15.9. The van der Waals surface area contributed by atoms with Crippen molar-refractivity contribution >= 4 is 23.5 Å². The van der Waals surface area contributed by atoms with Crippen LogP contribution in [0.4, 0.5) is 5.82 Å². The summed E-state index contributed by atoms with van der Waals surface area (Å²) in [5.41, 5.74) is 3.03. The lowest BCUT2D eigenvalue weighted by Gasteiger charge is -2.26. The molecule has 8 nitrogen and oxygen atoms in total. The predicted molar refractivity (Wildman–Crippen MR) is 127 cm³/mol. The maximum Gasteiger partial charge on any atom is 0.257 e. The van der Waals surface area contributed by atoms with Crippen LogP contribution in [0.5, 0.6) is 17.2 Å². The van der Waals surface area contributed by atoms with Gasteiger partial charge in [-0.25, -0.2) is 4.98 Å². The number of ether oxygens (including phenoxy) is 3. The Kier molecular flexibility index (Phi) is 6.60. The minimum absolute atomic E-state index is 0.0827. The highest BCUT2D eigenvalue weighted by atomic mass is 32.2. The number of H-pyrrole nitrogens is 1. The van der Waals surface area contributed by atoms with E-state index >= 15 is 0 Å². The molecule has 33 heavy (non-hydrogen) atoms. The Morgan fingerprint density at radius 3 is 2.55 bits per heavy atom. The van der Waals surface area contributed by atoms with Crippen molar-refractivity contribution in [3.05, 3.63) is 69.0 Å². The van der Waals surface area contributed by atoms with Crippen molar-refractivity contribution in [2.75, 3.05) is 26.6 Å². The van der Waals surface area contributed by atoms with Crippen molar-refractivity contribution in [3.63, 3.8) is 0 Å². The van der Waals surface area contributed by atoms with Gasteiger partial charge in [-0.15, -0.1) is 0 Å². The van der Waals surface area contributed by atoms with Gasteiger partial charge in [0.2, 0.25) is 11.7 Å². The molecular weight excluding hydrogens is 442 g/mol. The normalized spacial score (nSPS) is 14.9. The van der Waals surface area contributed by atoms with Crippen LogP contribution in [0.2, 0.25) is 0 Å². The number of fused-ring (bicyclic) bond motifs is 1. The molecule has 0 fully saturated rings. The van der Waals surface area contributed by atoms with E-state index in [0.717, 1.165) is 5.56 Å². The molecule has 1 aliphatic rings. The van der Waals surface area contributed by atoms with Gasteiger partial charge in [-0.05, 0) is 18.6 Å². The number of hydrogen-bond acceptors (Lipinski definition) is 7. The lowest BCUT2D eigenvalue weighted by Crippen LogP contribution is -2.31. The molecule has 2 aromatic carbocycles. The van der Waals surface area contributed by atoms with E-state index in [2.05, 4.69) is 21.4 Å². The van der Waals surface area contributed by atoms with E-state index in [4.69, 9.17) is 14.2 Å². The van der Waals surface area contributed by atoms with Crippen LogP contribution >= 0.6 is 11.8 Å². The van der Waals surface area contributed by atoms with E-state index in [1.54, 1.807) is 12.1 Å². The first-order valence-electron chi connectivity index (χ1n) is 10.4. The van der Waals surface area contributed by atoms with E-state index in [-0.39, 0.29) is 23.7 Å². The fourth-order valence-electron chi connectivity index (χ4n) is 4.04. The van der Waals surface area contributed by atoms with Crippen molar-refractivity contribution in [3.8, 4) is 17.2 Å². The van der Waals surface area contributed by atoms with Gasteiger partial charge < -0.3 is 24.5 Å². The molecule has 172 valence electrons. The third-order valence-electron chi connectivity index (χ3n) is 5.50. The lowest BCUT2D eigenvalue weighted by atomic mass is 9.86. The molecule has 2 heterocycles. The molecule has 0 aliphatic carbocycles. The van der Waals surface area contributed by atoms with Crippen LogP contribution in [0, 0.1) is 6.92 Å². The Hall–Kier alpha value is -3.46. The number of amides is 1. The molecule has 1 unspecified atom stereocenters.